The van der Waals surface area contributed by atoms with E-state index in [2.05, 4.69) is 4.98 Å². The summed E-state index contributed by atoms with van der Waals surface area (Å²) in [5.41, 5.74) is 2.15. The molecular weight excluding hydrogens is 316 g/mol. The molecule has 1 aliphatic heterocycles. The molecule has 0 unspecified atom stereocenters. The largest absolute Gasteiger partial charge is 0.465 e. The van der Waals surface area contributed by atoms with Gasteiger partial charge in [-0.3, -0.25) is 4.79 Å². The summed E-state index contributed by atoms with van der Waals surface area (Å²) >= 11 is 1.42. The maximum atomic E-state index is 11.8. The van der Waals surface area contributed by atoms with Crippen LogP contribution in [-0.4, -0.2) is 40.0 Å². The van der Waals surface area contributed by atoms with Gasteiger partial charge in [0.25, 0.3) is 0 Å². The second-order valence-electron chi connectivity index (χ2n) is 5.13. The van der Waals surface area contributed by atoms with Crippen molar-refractivity contribution in [1.82, 2.24) is 9.55 Å². The third-order valence-corrected chi connectivity index (χ3v) is 4.91. The molecule has 1 aromatic carbocycles. The highest BCUT2D eigenvalue weighted by Crippen LogP contribution is 2.31. The fourth-order valence-corrected chi connectivity index (χ4v) is 3.69. The van der Waals surface area contributed by atoms with Crippen LogP contribution in [0, 0.1) is 0 Å². The van der Waals surface area contributed by atoms with Gasteiger partial charge in [-0.1, -0.05) is 11.8 Å². The first-order chi connectivity index (χ1) is 11.1. The van der Waals surface area contributed by atoms with E-state index in [4.69, 9.17) is 9.47 Å². The number of aryl methyl sites for hydroxylation is 1. The smallest absolute Gasteiger partial charge is 0.338 e. The quantitative estimate of drug-likeness (QED) is 0.783. The summed E-state index contributed by atoms with van der Waals surface area (Å²) in [6.45, 7) is 5.34. The van der Waals surface area contributed by atoms with E-state index in [1.54, 1.807) is 19.1 Å². The van der Waals surface area contributed by atoms with Crippen LogP contribution in [0.4, 0.5) is 0 Å². The first kappa shape index (κ1) is 15.9. The summed E-state index contributed by atoms with van der Waals surface area (Å²) in [7, 11) is 0. The Morgan fingerprint density at radius 1 is 1.48 bits per heavy atom. The van der Waals surface area contributed by atoms with Gasteiger partial charge < -0.3 is 14.0 Å². The van der Waals surface area contributed by atoms with Crippen LogP contribution in [0.5, 0.6) is 0 Å². The van der Waals surface area contributed by atoms with Crippen molar-refractivity contribution in [1.29, 1.82) is 0 Å². The number of hydrogen-bond acceptors (Lipinski definition) is 6. The van der Waals surface area contributed by atoms with Crippen LogP contribution in [-0.2, 0) is 20.8 Å². The third-order valence-electron chi connectivity index (χ3n) is 3.68. The summed E-state index contributed by atoms with van der Waals surface area (Å²) in [6.07, 6.45) is 0.699. The van der Waals surface area contributed by atoms with Crippen LogP contribution in [0.25, 0.3) is 11.0 Å². The average molecular weight is 334 g/mol. The zero-order chi connectivity index (χ0) is 16.4. The van der Waals surface area contributed by atoms with Crippen molar-refractivity contribution in [3.63, 3.8) is 0 Å². The average Bonchev–Trinajstić information content (AvgIpc) is 3.10. The van der Waals surface area contributed by atoms with Gasteiger partial charge in [-0.2, -0.15) is 0 Å². The lowest BCUT2D eigenvalue weighted by Gasteiger charge is -2.07. The Labute approximate surface area is 138 Å². The van der Waals surface area contributed by atoms with Gasteiger partial charge in [0, 0.05) is 13.0 Å². The SMILES string of the molecule is CCOC(=O)c1ccc2c(c1)nc(S[C@H]1CCOC1=O)n2CC. The third kappa shape index (κ3) is 3.06. The van der Waals surface area contributed by atoms with Crippen molar-refractivity contribution in [2.24, 2.45) is 0 Å². The van der Waals surface area contributed by atoms with Crippen LogP contribution in [0.2, 0.25) is 0 Å². The summed E-state index contributed by atoms with van der Waals surface area (Å²) < 4.78 is 12.1. The van der Waals surface area contributed by atoms with Gasteiger partial charge in [0.2, 0.25) is 0 Å². The lowest BCUT2D eigenvalue weighted by Crippen LogP contribution is -2.11. The lowest BCUT2D eigenvalue weighted by molar-refractivity contribution is -0.137. The highest BCUT2D eigenvalue weighted by molar-refractivity contribution is 8.00. The maximum Gasteiger partial charge on any atom is 0.338 e. The number of fused-ring (bicyclic) bond motifs is 1. The van der Waals surface area contributed by atoms with E-state index in [1.807, 2.05) is 17.6 Å². The van der Waals surface area contributed by atoms with Gasteiger partial charge >= 0.3 is 11.9 Å². The predicted molar refractivity (Wildman–Crippen MR) is 86.6 cm³/mol. The molecule has 0 saturated carbocycles. The van der Waals surface area contributed by atoms with Crippen molar-refractivity contribution >= 4 is 34.7 Å². The number of carbonyl (C=O) groups is 2. The molecular formula is C16H18N2O4S. The van der Waals surface area contributed by atoms with E-state index >= 15 is 0 Å². The Morgan fingerprint density at radius 3 is 2.96 bits per heavy atom. The fourth-order valence-electron chi connectivity index (χ4n) is 2.56. The molecule has 1 aromatic heterocycles. The first-order valence-corrected chi connectivity index (χ1v) is 8.52. The Kier molecular flexibility index (Phi) is 4.56. The molecule has 0 N–H and O–H groups in total. The molecule has 1 aliphatic rings. The summed E-state index contributed by atoms with van der Waals surface area (Å²) in [5, 5.41) is 0.564. The van der Waals surface area contributed by atoms with E-state index in [1.165, 1.54) is 11.8 Å². The minimum Gasteiger partial charge on any atom is -0.465 e. The number of nitrogens with zero attached hydrogens (tertiary/aromatic N) is 2. The maximum absolute atomic E-state index is 11.8. The molecule has 0 radical (unpaired) electrons. The molecule has 23 heavy (non-hydrogen) atoms. The van der Waals surface area contributed by atoms with E-state index in [0.29, 0.717) is 25.2 Å². The number of cyclic esters (lactones) is 1. The summed E-state index contributed by atoms with van der Waals surface area (Å²) in [6, 6.07) is 5.35. The molecule has 122 valence electrons. The minimum absolute atomic E-state index is 0.183. The number of hydrogen-bond donors (Lipinski definition) is 0. The lowest BCUT2D eigenvalue weighted by atomic mass is 10.2. The standard InChI is InChI=1S/C16H18N2O4S/c1-3-18-12-6-5-10(14(19)21-4-2)9-11(12)17-16(18)23-13-7-8-22-15(13)20/h5-6,9,13H,3-4,7-8H2,1-2H3/t13-/m0/s1. The highest BCUT2D eigenvalue weighted by Gasteiger charge is 2.29. The van der Waals surface area contributed by atoms with Crippen LogP contribution in [0.15, 0.2) is 23.4 Å². The molecule has 0 amide bonds. The number of imidazole rings is 1. The van der Waals surface area contributed by atoms with Crippen LogP contribution >= 0.6 is 11.8 Å². The van der Waals surface area contributed by atoms with E-state index in [0.717, 1.165) is 22.7 Å². The highest BCUT2D eigenvalue weighted by atomic mass is 32.2. The van der Waals surface area contributed by atoms with Gasteiger partial charge in [0.05, 0.1) is 29.8 Å². The van der Waals surface area contributed by atoms with E-state index in [-0.39, 0.29) is 17.2 Å². The van der Waals surface area contributed by atoms with Crippen LogP contribution in [0.1, 0.15) is 30.6 Å². The molecule has 1 atom stereocenters. The van der Waals surface area contributed by atoms with E-state index in [9.17, 15) is 9.59 Å². The van der Waals surface area contributed by atoms with Gasteiger partial charge in [-0.05, 0) is 32.0 Å². The molecule has 1 fully saturated rings. The number of aromatic nitrogens is 2. The molecule has 0 spiro atoms. The number of ether oxygens (including phenoxy) is 2. The molecule has 2 aromatic rings. The second-order valence-corrected chi connectivity index (χ2v) is 6.30. The van der Waals surface area contributed by atoms with Crippen molar-refractivity contribution in [3.8, 4) is 0 Å². The predicted octanol–water partition coefficient (Wildman–Crippen LogP) is 2.64. The minimum atomic E-state index is -0.353. The first-order valence-electron chi connectivity index (χ1n) is 7.64. The zero-order valence-corrected chi connectivity index (χ0v) is 13.9. The number of esters is 2. The molecule has 3 rings (SSSR count). The van der Waals surface area contributed by atoms with Gasteiger partial charge in [0.1, 0.15) is 5.25 Å². The number of carbonyl (C=O) groups excluding carboxylic acids is 2. The molecule has 0 bridgehead atoms. The van der Waals surface area contributed by atoms with E-state index < -0.39 is 0 Å². The topological polar surface area (TPSA) is 70.4 Å². The fraction of sp³-hybridized carbons (Fsp3) is 0.438. The Balaban J connectivity index is 1.95. The van der Waals surface area contributed by atoms with Crippen molar-refractivity contribution in [3.05, 3.63) is 23.8 Å². The zero-order valence-electron chi connectivity index (χ0n) is 13.1. The molecule has 2 heterocycles. The molecule has 1 saturated heterocycles. The number of rotatable bonds is 5. The molecule has 7 heteroatoms. The van der Waals surface area contributed by atoms with Crippen LogP contribution < -0.4 is 0 Å². The molecule has 0 aliphatic carbocycles. The van der Waals surface area contributed by atoms with Gasteiger partial charge in [-0.25, -0.2) is 9.78 Å². The van der Waals surface area contributed by atoms with Gasteiger partial charge in [-0.15, -0.1) is 0 Å². The summed E-state index contributed by atoms with van der Waals surface area (Å²) in [5.74, 6) is -0.536. The van der Waals surface area contributed by atoms with Gasteiger partial charge in [0.15, 0.2) is 5.16 Å². The summed E-state index contributed by atoms with van der Waals surface area (Å²) in [4.78, 5) is 28.1. The number of benzene rings is 1. The van der Waals surface area contributed by atoms with Crippen molar-refractivity contribution < 1.29 is 19.1 Å². The Bertz CT molecular complexity index is 756. The Hall–Kier alpha value is -2.02. The Morgan fingerprint density at radius 2 is 2.30 bits per heavy atom. The van der Waals surface area contributed by atoms with Crippen molar-refractivity contribution in [2.75, 3.05) is 13.2 Å². The molecule has 6 nitrogen and oxygen atoms in total. The number of thioether (sulfide) groups is 1. The normalized spacial score (nSPS) is 17.5. The van der Waals surface area contributed by atoms with Crippen LogP contribution in [0.3, 0.4) is 0 Å². The second kappa shape index (κ2) is 6.62. The van der Waals surface area contributed by atoms with Crippen molar-refractivity contribution in [2.45, 2.75) is 37.2 Å². The monoisotopic (exact) mass is 334 g/mol.